The molecule has 2 N–H and O–H groups in total. The van der Waals surface area contributed by atoms with Crippen molar-refractivity contribution < 1.29 is 18.3 Å². The van der Waals surface area contributed by atoms with Crippen LogP contribution in [0.25, 0.3) is 0 Å². The second kappa shape index (κ2) is 13.6. The second-order valence-corrected chi connectivity index (χ2v) is 13.6. The summed E-state index contributed by atoms with van der Waals surface area (Å²) in [7, 11) is -4.02. The summed E-state index contributed by atoms with van der Waals surface area (Å²) >= 11 is 12.7. The molecule has 1 fully saturated rings. The number of hydrogen-bond donors (Lipinski definition) is 2. The molecule has 6 nitrogen and oxygen atoms in total. The van der Waals surface area contributed by atoms with Crippen molar-refractivity contribution in [3.63, 3.8) is 0 Å². The minimum absolute atomic E-state index is 0.0201. The van der Waals surface area contributed by atoms with Crippen LogP contribution in [0.3, 0.4) is 0 Å². The molecule has 1 aliphatic rings. The predicted molar refractivity (Wildman–Crippen MR) is 166 cm³/mol. The van der Waals surface area contributed by atoms with E-state index in [4.69, 9.17) is 23.2 Å². The van der Waals surface area contributed by atoms with E-state index < -0.39 is 15.6 Å². The number of carbonyl (C=O) groups excluding carboxylic acids is 1. The van der Waals surface area contributed by atoms with E-state index in [1.54, 1.807) is 41.3 Å². The van der Waals surface area contributed by atoms with Crippen molar-refractivity contribution in [2.75, 3.05) is 17.8 Å². The number of aliphatic hydroxyl groups is 1. The summed E-state index contributed by atoms with van der Waals surface area (Å²) in [5.74, 6) is 0.235. The Kier molecular flexibility index (Phi) is 10.4. The van der Waals surface area contributed by atoms with Crippen LogP contribution in [0.1, 0.15) is 67.4 Å². The maximum Gasteiger partial charge on any atom is 0.263 e. The first-order valence-corrected chi connectivity index (χ1v) is 16.4. The molecule has 0 aromatic heterocycles. The summed E-state index contributed by atoms with van der Waals surface area (Å²) in [4.78, 5) is 14.8. The lowest BCUT2D eigenvalue weighted by Crippen LogP contribution is -2.47. The highest BCUT2D eigenvalue weighted by molar-refractivity contribution is 7.92. The van der Waals surface area contributed by atoms with Crippen molar-refractivity contribution >= 4 is 44.8 Å². The molecule has 0 bridgehead atoms. The summed E-state index contributed by atoms with van der Waals surface area (Å²) in [6, 6.07) is 19.5. The Morgan fingerprint density at radius 3 is 2.32 bits per heavy atom. The van der Waals surface area contributed by atoms with Crippen molar-refractivity contribution in [3.05, 3.63) is 93.5 Å². The van der Waals surface area contributed by atoms with Gasteiger partial charge in [0, 0.05) is 30.8 Å². The topological polar surface area (TPSA) is 86.7 Å². The first kappa shape index (κ1) is 31.4. The Bertz CT molecular complexity index is 1440. The summed E-state index contributed by atoms with van der Waals surface area (Å²) in [6.07, 6.45) is 5.51. The number of sulfonamides is 1. The average molecular weight is 618 g/mol. The zero-order chi connectivity index (χ0) is 29.6. The number of amides is 1. The van der Waals surface area contributed by atoms with Crippen LogP contribution < -0.4 is 4.72 Å². The van der Waals surface area contributed by atoms with Crippen molar-refractivity contribution in [2.45, 2.75) is 69.3 Å². The number of piperidine rings is 1. The zero-order valence-electron chi connectivity index (χ0n) is 23.6. The molecule has 220 valence electrons. The zero-order valence-corrected chi connectivity index (χ0v) is 25.9. The summed E-state index contributed by atoms with van der Waals surface area (Å²) in [5, 5.41) is 11.2. The van der Waals surface area contributed by atoms with Gasteiger partial charge in [0.05, 0.1) is 15.6 Å². The van der Waals surface area contributed by atoms with Crippen molar-refractivity contribution in [1.82, 2.24) is 4.90 Å². The van der Waals surface area contributed by atoms with E-state index in [1.165, 1.54) is 0 Å². The van der Waals surface area contributed by atoms with E-state index in [-0.39, 0.29) is 20.8 Å². The Hall–Kier alpha value is -2.58. The van der Waals surface area contributed by atoms with E-state index in [0.29, 0.717) is 55.9 Å². The van der Waals surface area contributed by atoms with Crippen LogP contribution in [-0.4, -0.2) is 43.0 Å². The Morgan fingerprint density at radius 2 is 1.68 bits per heavy atom. The van der Waals surface area contributed by atoms with Gasteiger partial charge < -0.3 is 10.0 Å². The van der Waals surface area contributed by atoms with Gasteiger partial charge in [0.2, 0.25) is 0 Å². The molecule has 0 saturated carbocycles. The number of hydrogen-bond acceptors (Lipinski definition) is 4. The number of carbonyl (C=O) groups is 1. The molecule has 41 heavy (non-hydrogen) atoms. The number of nitrogens with zero attached hydrogens (tertiary/aromatic N) is 1. The minimum Gasteiger partial charge on any atom is -0.389 e. The first-order chi connectivity index (χ1) is 19.5. The molecular weight excluding hydrogens is 579 g/mol. The highest BCUT2D eigenvalue weighted by Crippen LogP contribution is 2.33. The van der Waals surface area contributed by atoms with Crippen LogP contribution in [0, 0.1) is 5.92 Å². The normalized spacial score (nSPS) is 15.9. The quantitative estimate of drug-likeness (QED) is 0.235. The summed E-state index contributed by atoms with van der Waals surface area (Å²) < 4.78 is 29.1. The van der Waals surface area contributed by atoms with E-state index in [1.807, 2.05) is 30.3 Å². The van der Waals surface area contributed by atoms with Crippen LogP contribution in [-0.2, 0) is 22.9 Å². The average Bonchev–Trinajstić information content (AvgIpc) is 2.94. The highest BCUT2D eigenvalue weighted by atomic mass is 35.5. The van der Waals surface area contributed by atoms with Crippen molar-refractivity contribution in [3.8, 4) is 0 Å². The summed E-state index contributed by atoms with van der Waals surface area (Å²) in [6.45, 7) is 5.18. The van der Waals surface area contributed by atoms with Gasteiger partial charge in [-0.25, -0.2) is 8.42 Å². The number of benzene rings is 3. The van der Waals surface area contributed by atoms with Gasteiger partial charge in [-0.15, -0.1) is 0 Å². The Labute approximate surface area is 253 Å². The molecule has 1 amide bonds. The van der Waals surface area contributed by atoms with Gasteiger partial charge >= 0.3 is 0 Å². The Morgan fingerprint density at radius 1 is 1.02 bits per heavy atom. The van der Waals surface area contributed by atoms with Gasteiger partial charge in [0.15, 0.2) is 0 Å². The highest BCUT2D eigenvalue weighted by Gasteiger charge is 2.34. The van der Waals surface area contributed by atoms with E-state index in [2.05, 4.69) is 18.6 Å². The van der Waals surface area contributed by atoms with E-state index in [0.717, 1.165) is 30.4 Å². The van der Waals surface area contributed by atoms with Gasteiger partial charge in [-0.3, -0.25) is 9.52 Å². The molecule has 9 heteroatoms. The van der Waals surface area contributed by atoms with Crippen LogP contribution in [0.2, 0.25) is 10.0 Å². The third-order valence-electron chi connectivity index (χ3n) is 7.72. The fourth-order valence-corrected chi connectivity index (χ4v) is 7.26. The minimum atomic E-state index is -4.02. The van der Waals surface area contributed by atoms with Gasteiger partial charge in [0.1, 0.15) is 4.90 Å². The van der Waals surface area contributed by atoms with Crippen molar-refractivity contribution in [2.24, 2.45) is 5.92 Å². The lowest BCUT2D eigenvalue weighted by Gasteiger charge is -2.38. The maximum atomic E-state index is 13.3. The Balaban J connectivity index is 1.40. The van der Waals surface area contributed by atoms with Crippen LogP contribution in [0.15, 0.2) is 71.6 Å². The number of nitrogens with one attached hydrogen (secondary N) is 1. The number of unbranched alkanes of at least 4 members (excludes halogenated alkanes) is 1. The van der Waals surface area contributed by atoms with E-state index in [9.17, 15) is 18.3 Å². The fourth-order valence-electron chi connectivity index (χ4n) is 5.34. The molecule has 1 unspecified atom stereocenters. The molecule has 1 heterocycles. The molecule has 1 atom stereocenters. The molecular formula is C32H38Cl2N2O4S. The monoisotopic (exact) mass is 616 g/mol. The standard InChI is InChI=1S/C32H38Cl2N2O4S/c1-3-4-8-23(2)19-25-20-28(33)30(34)29(21-25)41(39,40)35-27-13-11-26(12-14-27)31(37)36-17-15-32(38,16-18-36)22-24-9-6-5-7-10-24/h5-7,9-14,20-21,23,35,38H,3-4,8,15-19,22H2,1-2H3. The smallest absolute Gasteiger partial charge is 0.263 e. The van der Waals surface area contributed by atoms with Crippen molar-refractivity contribution in [1.29, 1.82) is 0 Å². The number of halogens is 2. The summed E-state index contributed by atoms with van der Waals surface area (Å²) in [5.41, 5.74) is 1.82. The third kappa shape index (κ3) is 8.25. The molecule has 0 spiro atoms. The predicted octanol–water partition coefficient (Wildman–Crippen LogP) is 7.37. The van der Waals surface area contributed by atoms with E-state index >= 15 is 0 Å². The molecule has 0 aliphatic carbocycles. The van der Waals surface area contributed by atoms with Gasteiger partial charge in [-0.05, 0) is 72.7 Å². The van der Waals surface area contributed by atoms with Gasteiger partial charge in [-0.1, -0.05) is 86.6 Å². The van der Waals surface area contributed by atoms with Crippen LogP contribution in [0.4, 0.5) is 5.69 Å². The number of likely N-dealkylation sites (tertiary alicyclic amines) is 1. The molecule has 1 saturated heterocycles. The first-order valence-electron chi connectivity index (χ1n) is 14.2. The molecule has 3 aromatic carbocycles. The van der Waals surface area contributed by atoms with Gasteiger partial charge in [0.25, 0.3) is 15.9 Å². The van der Waals surface area contributed by atoms with Gasteiger partial charge in [-0.2, -0.15) is 0 Å². The van der Waals surface area contributed by atoms with Crippen LogP contribution >= 0.6 is 23.2 Å². The number of anilines is 1. The molecule has 3 aromatic rings. The molecule has 4 rings (SSSR count). The SMILES string of the molecule is CCCCC(C)Cc1cc(Cl)c(Cl)c(S(=O)(=O)Nc2ccc(C(=O)N3CCC(O)(Cc4ccccc4)CC3)cc2)c1. The largest absolute Gasteiger partial charge is 0.389 e. The lowest BCUT2D eigenvalue weighted by atomic mass is 9.85. The lowest BCUT2D eigenvalue weighted by molar-refractivity contribution is -0.0162. The molecule has 0 radical (unpaired) electrons. The van der Waals surface area contributed by atoms with Crippen LogP contribution in [0.5, 0.6) is 0 Å². The maximum absolute atomic E-state index is 13.3. The third-order valence-corrected chi connectivity index (χ3v) is 10.0. The second-order valence-electron chi connectivity index (χ2n) is 11.2. The molecule has 1 aliphatic heterocycles. The number of rotatable bonds is 11. The fraction of sp³-hybridized carbons (Fsp3) is 0.406.